The summed E-state index contributed by atoms with van der Waals surface area (Å²) in [6.45, 7) is 8.39. The van der Waals surface area contributed by atoms with Crippen LogP contribution in [0, 0.1) is 19.8 Å². The van der Waals surface area contributed by atoms with Crippen LogP contribution in [0.25, 0.3) is 11.0 Å². The zero-order valence-electron chi connectivity index (χ0n) is 16.0. The molecule has 1 atom stereocenters. The monoisotopic (exact) mass is 349 g/mol. The SMILES string of the molecule is Cc1ccc(CCC(=O)N[C@H](c2nc3ccccc3[nH]2)C(C)C)c(C)c1. The molecule has 0 radical (unpaired) electrons. The van der Waals surface area contributed by atoms with E-state index in [1.165, 1.54) is 16.7 Å². The molecule has 1 amide bonds. The van der Waals surface area contributed by atoms with Gasteiger partial charge in [-0.15, -0.1) is 0 Å². The smallest absolute Gasteiger partial charge is 0.220 e. The van der Waals surface area contributed by atoms with E-state index in [2.05, 4.69) is 61.2 Å². The molecule has 4 heteroatoms. The maximum Gasteiger partial charge on any atom is 0.220 e. The van der Waals surface area contributed by atoms with Gasteiger partial charge in [0, 0.05) is 6.42 Å². The molecule has 2 aromatic carbocycles. The van der Waals surface area contributed by atoms with E-state index in [1.807, 2.05) is 24.3 Å². The van der Waals surface area contributed by atoms with Crippen LogP contribution in [-0.4, -0.2) is 15.9 Å². The van der Waals surface area contributed by atoms with Crippen molar-refractivity contribution in [2.45, 2.75) is 46.6 Å². The Morgan fingerprint density at radius 2 is 1.92 bits per heavy atom. The third kappa shape index (κ3) is 4.13. The third-order valence-corrected chi connectivity index (χ3v) is 4.80. The van der Waals surface area contributed by atoms with Crippen molar-refractivity contribution < 1.29 is 4.79 Å². The first-order valence-corrected chi connectivity index (χ1v) is 9.24. The van der Waals surface area contributed by atoms with E-state index in [1.54, 1.807) is 0 Å². The Bertz CT molecular complexity index is 878. The average Bonchev–Trinajstić information content (AvgIpc) is 3.02. The Balaban J connectivity index is 1.68. The summed E-state index contributed by atoms with van der Waals surface area (Å²) in [6.07, 6.45) is 1.23. The standard InChI is InChI=1S/C22H27N3O/c1-14(2)21(22-23-18-7-5-6-8-19(18)24-22)25-20(26)12-11-17-10-9-15(3)13-16(17)4/h5-10,13-14,21H,11-12H2,1-4H3,(H,23,24)(H,25,26)/t21-/m0/s1. The van der Waals surface area contributed by atoms with Crippen molar-refractivity contribution in [2.24, 2.45) is 5.92 Å². The minimum Gasteiger partial charge on any atom is -0.346 e. The number of carbonyl (C=O) groups excluding carboxylic acids is 1. The van der Waals surface area contributed by atoms with Gasteiger partial charge in [-0.05, 0) is 49.4 Å². The number of aromatic amines is 1. The molecule has 2 N–H and O–H groups in total. The van der Waals surface area contributed by atoms with Gasteiger partial charge in [-0.3, -0.25) is 4.79 Å². The molecular weight excluding hydrogens is 322 g/mol. The van der Waals surface area contributed by atoms with E-state index < -0.39 is 0 Å². The van der Waals surface area contributed by atoms with Crippen molar-refractivity contribution in [1.29, 1.82) is 0 Å². The van der Waals surface area contributed by atoms with Crippen molar-refractivity contribution in [3.8, 4) is 0 Å². The number of rotatable bonds is 6. The van der Waals surface area contributed by atoms with Crippen molar-refractivity contribution in [3.05, 3.63) is 65.0 Å². The van der Waals surface area contributed by atoms with Gasteiger partial charge in [0.25, 0.3) is 0 Å². The lowest BCUT2D eigenvalue weighted by Gasteiger charge is -2.20. The number of nitrogens with one attached hydrogen (secondary N) is 2. The number of para-hydroxylation sites is 2. The number of aryl methyl sites for hydroxylation is 3. The summed E-state index contributed by atoms with van der Waals surface area (Å²) >= 11 is 0. The lowest BCUT2D eigenvalue weighted by molar-refractivity contribution is -0.122. The summed E-state index contributed by atoms with van der Waals surface area (Å²) in [5, 5.41) is 3.16. The molecule has 0 fully saturated rings. The van der Waals surface area contributed by atoms with Crippen LogP contribution < -0.4 is 5.32 Å². The first-order chi connectivity index (χ1) is 12.4. The number of hydrogen-bond donors (Lipinski definition) is 2. The molecule has 3 aromatic rings. The fourth-order valence-corrected chi connectivity index (χ4v) is 3.29. The number of H-pyrrole nitrogens is 1. The molecule has 0 saturated heterocycles. The number of hydrogen-bond acceptors (Lipinski definition) is 2. The third-order valence-electron chi connectivity index (χ3n) is 4.80. The number of amides is 1. The first-order valence-electron chi connectivity index (χ1n) is 9.24. The van der Waals surface area contributed by atoms with Gasteiger partial charge in [0.15, 0.2) is 0 Å². The number of fused-ring (bicyclic) bond motifs is 1. The summed E-state index contributed by atoms with van der Waals surface area (Å²) in [6, 6.07) is 14.2. The van der Waals surface area contributed by atoms with Crippen LogP contribution in [0.4, 0.5) is 0 Å². The second kappa shape index (κ2) is 7.73. The molecule has 0 unspecified atom stereocenters. The molecule has 3 rings (SSSR count). The number of imidazole rings is 1. The topological polar surface area (TPSA) is 57.8 Å². The molecule has 0 saturated carbocycles. The Labute approximate surface area is 155 Å². The minimum absolute atomic E-state index is 0.0594. The fourth-order valence-electron chi connectivity index (χ4n) is 3.29. The molecule has 0 bridgehead atoms. The van der Waals surface area contributed by atoms with Crippen molar-refractivity contribution in [2.75, 3.05) is 0 Å². The minimum atomic E-state index is -0.117. The first kappa shape index (κ1) is 18.2. The summed E-state index contributed by atoms with van der Waals surface area (Å²) in [5.74, 6) is 1.13. The van der Waals surface area contributed by atoms with Gasteiger partial charge in [0.2, 0.25) is 5.91 Å². The summed E-state index contributed by atoms with van der Waals surface area (Å²) in [4.78, 5) is 20.6. The molecular formula is C22H27N3O. The predicted molar refractivity (Wildman–Crippen MR) is 106 cm³/mol. The van der Waals surface area contributed by atoms with Gasteiger partial charge in [0.1, 0.15) is 5.82 Å². The normalized spacial score (nSPS) is 12.5. The molecule has 0 spiro atoms. The van der Waals surface area contributed by atoms with Gasteiger partial charge < -0.3 is 10.3 Å². The Kier molecular flexibility index (Phi) is 5.40. The Morgan fingerprint density at radius 3 is 2.62 bits per heavy atom. The van der Waals surface area contributed by atoms with Crippen LogP contribution in [0.3, 0.4) is 0 Å². The van der Waals surface area contributed by atoms with E-state index in [0.29, 0.717) is 6.42 Å². The van der Waals surface area contributed by atoms with Crippen molar-refractivity contribution in [3.63, 3.8) is 0 Å². The number of nitrogens with zero attached hydrogens (tertiary/aromatic N) is 1. The van der Waals surface area contributed by atoms with E-state index in [0.717, 1.165) is 23.3 Å². The van der Waals surface area contributed by atoms with E-state index in [9.17, 15) is 4.79 Å². The quantitative estimate of drug-likeness (QED) is 0.682. The van der Waals surface area contributed by atoms with Crippen LogP contribution in [0.1, 0.15) is 48.8 Å². The Hall–Kier alpha value is -2.62. The lowest BCUT2D eigenvalue weighted by atomic mass is 10.0. The van der Waals surface area contributed by atoms with Gasteiger partial charge in [-0.25, -0.2) is 4.98 Å². The zero-order valence-corrected chi connectivity index (χ0v) is 16.0. The van der Waals surface area contributed by atoms with Crippen LogP contribution >= 0.6 is 0 Å². The fraction of sp³-hybridized carbons (Fsp3) is 0.364. The molecule has 4 nitrogen and oxygen atoms in total. The van der Waals surface area contributed by atoms with Crippen molar-refractivity contribution >= 4 is 16.9 Å². The molecule has 1 heterocycles. The van der Waals surface area contributed by atoms with Gasteiger partial charge in [0.05, 0.1) is 17.1 Å². The zero-order chi connectivity index (χ0) is 18.7. The average molecular weight is 349 g/mol. The van der Waals surface area contributed by atoms with E-state index in [4.69, 9.17) is 0 Å². The van der Waals surface area contributed by atoms with Crippen LogP contribution in [0.15, 0.2) is 42.5 Å². The van der Waals surface area contributed by atoms with E-state index >= 15 is 0 Å². The second-order valence-electron chi connectivity index (χ2n) is 7.36. The van der Waals surface area contributed by atoms with Crippen molar-refractivity contribution in [1.82, 2.24) is 15.3 Å². The molecule has 0 aliphatic rings. The molecule has 26 heavy (non-hydrogen) atoms. The maximum absolute atomic E-state index is 12.5. The highest BCUT2D eigenvalue weighted by atomic mass is 16.1. The molecule has 136 valence electrons. The van der Waals surface area contributed by atoms with Gasteiger partial charge in [-0.1, -0.05) is 49.7 Å². The highest BCUT2D eigenvalue weighted by molar-refractivity contribution is 5.77. The highest BCUT2D eigenvalue weighted by Gasteiger charge is 2.21. The molecule has 0 aliphatic carbocycles. The molecule has 0 aliphatic heterocycles. The van der Waals surface area contributed by atoms with Crippen LogP contribution in [-0.2, 0) is 11.2 Å². The predicted octanol–water partition coefficient (Wildman–Crippen LogP) is 4.63. The Morgan fingerprint density at radius 1 is 1.15 bits per heavy atom. The van der Waals surface area contributed by atoms with Gasteiger partial charge in [-0.2, -0.15) is 0 Å². The second-order valence-corrected chi connectivity index (χ2v) is 7.36. The van der Waals surface area contributed by atoms with E-state index in [-0.39, 0.29) is 17.9 Å². The maximum atomic E-state index is 12.5. The highest BCUT2D eigenvalue weighted by Crippen LogP contribution is 2.22. The van der Waals surface area contributed by atoms with Crippen LogP contribution in [0.5, 0.6) is 0 Å². The summed E-state index contributed by atoms with van der Waals surface area (Å²) < 4.78 is 0. The summed E-state index contributed by atoms with van der Waals surface area (Å²) in [5.41, 5.74) is 5.65. The van der Waals surface area contributed by atoms with Gasteiger partial charge >= 0.3 is 0 Å². The summed E-state index contributed by atoms with van der Waals surface area (Å²) in [7, 11) is 0. The van der Waals surface area contributed by atoms with Crippen LogP contribution in [0.2, 0.25) is 0 Å². The number of carbonyl (C=O) groups is 1. The number of benzene rings is 2. The largest absolute Gasteiger partial charge is 0.346 e. The number of aromatic nitrogens is 2. The molecule has 1 aromatic heterocycles. The lowest BCUT2D eigenvalue weighted by Crippen LogP contribution is -2.32.